The van der Waals surface area contributed by atoms with E-state index >= 15 is 0 Å². The van der Waals surface area contributed by atoms with E-state index in [4.69, 9.17) is 5.26 Å². The SMILES string of the molecule is CC(C)N(C)C(=O)[C@@H]1CSCN1C(=O)c1cccc(C#N)c1. The van der Waals surface area contributed by atoms with Crippen LogP contribution in [0.1, 0.15) is 29.8 Å². The average Bonchev–Trinajstić information content (AvgIpc) is 3.02. The fourth-order valence-corrected chi connectivity index (χ4v) is 3.37. The molecule has 22 heavy (non-hydrogen) atoms. The van der Waals surface area contributed by atoms with Crippen LogP contribution >= 0.6 is 11.8 Å². The van der Waals surface area contributed by atoms with E-state index in [9.17, 15) is 9.59 Å². The van der Waals surface area contributed by atoms with Gasteiger partial charge in [-0.3, -0.25) is 9.59 Å². The highest BCUT2D eigenvalue weighted by atomic mass is 32.2. The first-order valence-electron chi connectivity index (χ1n) is 7.11. The van der Waals surface area contributed by atoms with Crippen LogP contribution < -0.4 is 0 Å². The van der Waals surface area contributed by atoms with Gasteiger partial charge in [-0.2, -0.15) is 5.26 Å². The molecule has 0 radical (unpaired) electrons. The van der Waals surface area contributed by atoms with E-state index in [2.05, 4.69) is 0 Å². The number of hydrogen-bond acceptors (Lipinski definition) is 4. The fourth-order valence-electron chi connectivity index (χ4n) is 2.22. The van der Waals surface area contributed by atoms with Crippen molar-refractivity contribution in [3.63, 3.8) is 0 Å². The normalized spacial score (nSPS) is 17.4. The number of rotatable bonds is 3. The number of nitriles is 1. The summed E-state index contributed by atoms with van der Waals surface area (Å²) in [7, 11) is 1.76. The number of benzene rings is 1. The number of thioether (sulfide) groups is 1. The standard InChI is InChI=1S/C16H19N3O2S/c1-11(2)18(3)16(21)14-9-22-10-19(14)15(20)13-6-4-5-12(7-13)8-17/h4-7,11,14H,9-10H2,1-3H3/t14-/m0/s1. The van der Waals surface area contributed by atoms with Crippen molar-refractivity contribution in [3.05, 3.63) is 35.4 Å². The number of carbonyl (C=O) groups is 2. The van der Waals surface area contributed by atoms with Gasteiger partial charge in [0.05, 0.1) is 17.5 Å². The van der Waals surface area contributed by atoms with Crippen LogP contribution in [-0.4, -0.2) is 52.4 Å². The van der Waals surface area contributed by atoms with Crippen LogP contribution in [-0.2, 0) is 4.79 Å². The first-order chi connectivity index (χ1) is 10.5. The van der Waals surface area contributed by atoms with Crippen molar-refractivity contribution in [3.8, 4) is 6.07 Å². The second-order valence-corrected chi connectivity index (χ2v) is 6.53. The Balaban J connectivity index is 2.21. The highest BCUT2D eigenvalue weighted by molar-refractivity contribution is 7.99. The van der Waals surface area contributed by atoms with Gasteiger partial charge < -0.3 is 9.80 Å². The summed E-state index contributed by atoms with van der Waals surface area (Å²) in [6, 6.07) is 8.28. The van der Waals surface area contributed by atoms with E-state index in [-0.39, 0.29) is 17.9 Å². The third kappa shape index (κ3) is 3.25. The van der Waals surface area contributed by atoms with Gasteiger partial charge >= 0.3 is 0 Å². The molecule has 5 nitrogen and oxygen atoms in total. The van der Waals surface area contributed by atoms with E-state index < -0.39 is 6.04 Å². The van der Waals surface area contributed by atoms with Gasteiger partial charge in [-0.05, 0) is 32.0 Å². The van der Waals surface area contributed by atoms with Gasteiger partial charge in [-0.1, -0.05) is 6.07 Å². The Morgan fingerprint density at radius 3 is 2.82 bits per heavy atom. The summed E-state index contributed by atoms with van der Waals surface area (Å²) >= 11 is 1.57. The van der Waals surface area contributed by atoms with E-state index in [1.54, 1.807) is 52.9 Å². The fraction of sp³-hybridized carbons (Fsp3) is 0.438. The van der Waals surface area contributed by atoms with Crippen LogP contribution in [0.4, 0.5) is 0 Å². The van der Waals surface area contributed by atoms with Gasteiger partial charge in [0.15, 0.2) is 0 Å². The molecular weight excluding hydrogens is 298 g/mol. The molecule has 1 heterocycles. The molecule has 0 spiro atoms. The second kappa shape index (κ2) is 6.84. The van der Waals surface area contributed by atoms with Gasteiger partial charge in [0.25, 0.3) is 5.91 Å². The van der Waals surface area contributed by atoms with Gasteiger partial charge in [0, 0.05) is 24.4 Å². The highest BCUT2D eigenvalue weighted by Gasteiger charge is 2.37. The predicted molar refractivity (Wildman–Crippen MR) is 86.3 cm³/mol. The zero-order chi connectivity index (χ0) is 16.3. The van der Waals surface area contributed by atoms with Gasteiger partial charge in [0.2, 0.25) is 5.91 Å². The van der Waals surface area contributed by atoms with Crippen molar-refractivity contribution in [2.45, 2.75) is 25.9 Å². The molecule has 0 unspecified atom stereocenters. The molecule has 0 aliphatic carbocycles. The van der Waals surface area contributed by atoms with Gasteiger partial charge in [-0.25, -0.2) is 0 Å². The minimum Gasteiger partial charge on any atom is -0.342 e. The summed E-state index contributed by atoms with van der Waals surface area (Å²) in [4.78, 5) is 28.4. The summed E-state index contributed by atoms with van der Waals surface area (Å²) in [5.74, 6) is 0.875. The molecule has 2 amide bonds. The van der Waals surface area contributed by atoms with Crippen molar-refractivity contribution in [2.75, 3.05) is 18.7 Å². The quantitative estimate of drug-likeness (QED) is 0.854. The molecule has 0 N–H and O–H groups in total. The number of carbonyl (C=O) groups excluding carboxylic acids is 2. The molecule has 0 saturated carbocycles. The molecule has 1 aromatic rings. The van der Waals surface area contributed by atoms with Crippen molar-refractivity contribution < 1.29 is 9.59 Å². The van der Waals surface area contributed by atoms with E-state index in [0.29, 0.717) is 22.8 Å². The molecule has 116 valence electrons. The summed E-state index contributed by atoms with van der Waals surface area (Å²) in [6.45, 7) is 3.89. The third-order valence-electron chi connectivity index (χ3n) is 3.79. The van der Waals surface area contributed by atoms with Crippen LogP contribution in [0, 0.1) is 11.3 Å². The van der Waals surface area contributed by atoms with E-state index in [1.807, 2.05) is 19.9 Å². The van der Waals surface area contributed by atoms with Crippen LogP contribution in [0.2, 0.25) is 0 Å². The largest absolute Gasteiger partial charge is 0.342 e. The highest BCUT2D eigenvalue weighted by Crippen LogP contribution is 2.25. The molecule has 1 fully saturated rings. The monoisotopic (exact) mass is 317 g/mol. The smallest absolute Gasteiger partial charge is 0.255 e. The number of likely N-dealkylation sites (N-methyl/N-ethyl adjacent to an activating group) is 1. The number of hydrogen-bond donors (Lipinski definition) is 0. The van der Waals surface area contributed by atoms with Crippen LogP contribution in [0.3, 0.4) is 0 Å². The molecule has 0 aromatic heterocycles. The Morgan fingerprint density at radius 1 is 1.45 bits per heavy atom. The van der Waals surface area contributed by atoms with Crippen molar-refractivity contribution in [2.24, 2.45) is 0 Å². The summed E-state index contributed by atoms with van der Waals surface area (Å²) in [5.41, 5.74) is 0.895. The van der Waals surface area contributed by atoms with Crippen molar-refractivity contribution >= 4 is 23.6 Å². The molecular formula is C16H19N3O2S. The second-order valence-electron chi connectivity index (χ2n) is 5.53. The summed E-state index contributed by atoms with van der Waals surface area (Å²) in [5, 5.41) is 8.94. The lowest BCUT2D eigenvalue weighted by molar-refractivity contribution is -0.135. The van der Waals surface area contributed by atoms with Crippen molar-refractivity contribution in [1.29, 1.82) is 5.26 Å². The summed E-state index contributed by atoms with van der Waals surface area (Å²) < 4.78 is 0. The van der Waals surface area contributed by atoms with Crippen LogP contribution in [0.5, 0.6) is 0 Å². The minimum absolute atomic E-state index is 0.0372. The lowest BCUT2D eigenvalue weighted by Crippen LogP contribution is -2.49. The third-order valence-corrected chi connectivity index (χ3v) is 4.80. The summed E-state index contributed by atoms with van der Waals surface area (Å²) in [6.07, 6.45) is 0. The maximum atomic E-state index is 12.7. The van der Waals surface area contributed by atoms with Crippen LogP contribution in [0.15, 0.2) is 24.3 Å². The molecule has 1 aliphatic heterocycles. The first-order valence-corrected chi connectivity index (χ1v) is 8.26. The molecule has 1 aliphatic rings. The lowest BCUT2D eigenvalue weighted by Gasteiger charge is -2.29. The molecule has 1 atom stereocenters. The molecule has 1 aromatic carbocycles. The van der Waals surface area contributed by atoms with Crippen LogP contribution in [0.25, 0.3) is 0 Å². The number of amides is 2. The molecule has 6 heteroatoms. The van der Waals surface area contributed by atoms with E-state index in [1.165, 1.54) is 0 Å². The van der Waals surface area contributed by atoms with Crippen molar-refractivity contribution in [1.82, 2.24) is 9.80 Å². The maximum Gasteiger partial charge on any atom is 0.255 e. The zero-order valence-corrected chi connectivity index (χ0v) is 13.8. The Labute approximate surface area is 134 Å². The Morgan fingerprint density at radius 2 is 2.18 bits per heavy atom. The number of nitrogens with zero attached hydrogens (tertiary/aromatic N) is 3. The Hall–Kier alpha value is -2.00. The minimum atomic E-state index is -0.435. The average molecular weight is 317 g/mol. The van der Waals surface area contributed by atoms with Gasteiger partial charge in [-0.15, -0.1) is 11.8 Å². The van der Waals surface area contributed by atoms with Gasteiger partial charge in [0.1, 0.15) is 6.04 Å². The Kier molecular flexibility index (Phi) is 5.09. The lowest BCUT2D eigenvalue weighted by atomic mass is 10.1. The Bertz CT molecular complexity index is 624. The predicted octanol–water partition coefficient (Wildman–Crippen LogP) is 1.94. The topological polar surface area (TPSA) is 64.4 Å². The first kappa shape index (κ1) is 16.4. The molecule has 0 bridgehead atoms. The maximum absolute atomic E-state index is 12.7. The van der Waals surface area contributed by atoms with E-state index in [0.717, 1.165) is 0 Å². The molecule has 2 rings (SSSR count). The zero-order valence-electron chi connectivity index (χ0n) is 12.9. The molecule has 1 saturated heterocycles.